The molecular formula is C14H21N3O3. The maximum atomic E-state index is 11.5. The largest absolute Gasteiger partial charge is 0.377 e. The molecule has 0 saturated carbocycles. The fourth-order valence-electron chi connectivity index (χ4n) is 2.04. The maximum absolute atomic E-state index is 11.5. The zero-order chi connectivity index (χ0) is 15.1. The van der Waals surface area contributed by atoms with Gasteiger partial charge in [0.15, 0.2) is 0 Å². The van der Waals surface area contributed by atoms with E-state index in [2.05, 4.69) is 17.6 Å². The summed E-state index contributed by atoms with van der Waals surface area (Å²) >= 11 is 0. The first-order valence-corrected chi connectivity index (χ1v) is 6.80. The van der Waals surface area contributed by atoms with E-state index >= 15 is 0 Å². The van der Waals surface area contributed by atoms with Crippen LogP contribution >= 0.6 is 0 Å². The van der Waals surface area contributed by atoms with Gasteiger partial charge in [-0.05, 0) is 25.0 Å². The second-order valence-corrected chi connectivity index (χ2v) is 4.61. The minimum Gasteiger partial charge on any atom is -0.377 e. The molecule has 0 aromatic heterocycles. The van der Waals surface area contributed by atoms with Crippen molar-refractivity contribution in [1.82, 2.24) is 5.32 Å². The van der Waals surface area contributed by atoms with Gasteiger partial charge in [0, 0.05) is 24.7 Å². The molecule has 1 rings (SSSR count). The number of nitrogens with one attached hydrogen (secondary N) is 2. The van der Waals surface area contributed by atoms with Crippen molar-refractivity contribution in [3.05, 3.63) is 33.9 Å². The van der Waals surface area contributed by atoms with Crippen LogP contribution in [-0.2, 0) is 0 Å². The maximum Gasteiger partial charge on any atom is 0.293 e. The fraction of sp³-hybridized carbons (Fsp3) is 0.500. The lowest BCUT2D eigenvalue weighted by Gasteiger charge is -2.17. The molecule has 0 aliphatic heterocycles. The lowest BCUT2D eigenvalue weighted by molar-refractivity contribution is -0.384. The molecule has 0 saturated heterocycles. The Morgan fingerprint density at radius 1 is 1.40 bits per heavy atom. The fourth-order valence-corrected chi connectivity index (χ4v) is 2.04. The monoisotopic (exact) mass is 279 g/mol. The van der Waals surface area contributed by atoms with Gasteiger partial charge in [-0.15, -0.1) is 0 Å². The van der Waals surface area contributed by atoms with Crippen LogP contribution in [0.4, 0.5) is 11.4 Å². The number of carbonyl (C=O) groups excluding carboxylic acids is 1. The molecular weight excluding hydrogens is 258 g/mol. The van der Waals surface area contributed by atoms with Gasteiger partial charge in [0.25, 0.3) is 11.6 Å². The normalized spacial score (nSPS) is 11.8. The van der Waals surface area contributed by atoms with E-state index < -0.39 is 4.92 Å². The smallest absolute Gasteiger partial charge is 0.293 e. The first kappa shape index (κ1) is 15.9. The molecule has 0 aliphatic rings. The Balaban J connectivity index is 3.07. The number of nitro groups is 1. The summed E-state index contributed by atoms with van der Waals surface area (Å²) in [5.74, 6) is -0.333. The quantitative estimate of drug-likeness (QED) is 0.593. The summed E-state index contributed by atoms with van der Waals surface area (Å²) in [5, 5.41) is 16.8. The van der Waals surface area contributed by atoms with Gasteiger partial charge in [-0.1, -0.05) is 20.3 Å². The average molecular weight is 279 g/mol. The molecule has 110 valence electrons. The van der Waals surface area contributed by atoms with Crippen molar-refractivity contribution in [3.8, 4) is 0 Å². The highest BCUT2D eigenvalue weighted by Crippen LogP contribution is 2.27. The van der Waals surface area contributed by atoms with Gasteiger partial charge >= 0.3 is 0 Å². The second kappa shape index (κ2) is 7.47. The van der Waals surface area contributed by atoms with Crippen LogP contribution in [0, 0.1) is 10.1 Å². The van der Waals surface area contributed by atoms with E-state index in [9.17, 15) is 14.9 Å². The number of anilines is 1. The molecule has 0 fully saturated rings. The van der Waals surface area contributed by atoms with Crippen molar-refractivity contribution in [2.24, 2.45) is 0 Å². The molecule has 6 nitrogen and oxygen atoms in total. The minimum absolute atomic E-state index is 0.0688. The highest BCUT2D eigenvalue weighted by molar-refractivity contribution is 5.95. The zero-order valence-corrected chi connectivity index (χ0v) is 12.1. The van der Waals surface area contributed by atoms with Crippen LogP contribution in [0.5, 0.6) is 0 Å². The summed E-state index contributed by atoms with van der Waals surface area (Å²) in [5.41, 5.74) is 0.678. The third-order valence-electron chi connectivity index (χ3n) is 3.17. The van der Waals surface area contributed by atoms with Gasteiger partial charge < -0.3 is 10.6 Å². The third-order valence-corrected chi connectivity index (χ3v) is 3.17. The van der Waals surface area contributed by atoms with E-state index in [-0.39, 0.29) is 23.2 Å². The molecule has 2 N–H and O–H groups in total. The average Bonchev–Trinajstić information content (AvgIpc) is 2.45. The number of carbonyl (C=O) groups is 1. The summed E-state index contributed by atoms with van der Waals surface area (Å²) in [7, 11) is 1.49. The van der Waals surface area contributed by atoms with Gasteiger partial charge in [-0.25, -0.2) is 0 Å². The van der Waals surface area contributed by atoms with Crippen LogP contribution in [0.1, 0.15) is 43.5 Å². The Morgan fingerprint density at radius 3 is 2.60 bits per heavy atom. The number of nitro benzene ring substituents is 1. The van der Waals surface area contributed by atoms with Crippen LogP contribution in [-0.4, -0.2) is 23.9 Å². The van der Waals surface area contributed by atoms with E-state index in [1.54, 1.807) is 12.1 Å². The van der Waals surface area contributed by atoms with Gasteiger partial charge in [0.05, 0.1) is 4.92 Å². The van der Waals surface area contributed by atoms with Crippen LogP contribution in [0.25, 0.3) is 0 Å². The number of hydrogen-bond donors (Lipinski definition) is 2. The van der Waals surface area contributed by atoms with Crippen LogP contribution < -0.4 is 10.6 Å². The van der Waals surface area contributed by atoms with Crippen molar-refractivity contribution in [2.75, 3.05) is 12.4 Å². The summed E-state index contributed by atoms with van der Waals surface area (Å²) in [4.78, 5) is 22.2. The number of nitrogens with zero attached hydrogens (tertiary/aromatic N) is 1. The van der Waals surface area contributed by atoms with E-state index in [1.807, 2.05) is 6.92 Å². The Morgan fingerprint density at radius 2 is 2.10 bits per heavy atom. The molecule has 1 unspecified atom stereocenters. The highest BCUT2D eigenvalue weighted by Gasteiger charge is 2.18. The van der Waals surface area contributed by atoms with Crippen LogP contribution in [0.15, 0.2) is 18.2 Å². The molecule has 0 spiro atoms. The Bertz CT molecular complexity index is 489. The van der Waals surface area contributed by atoms with Gasteiger partial charge in [0.1, 0.15) is 5.69 Å². The van der Waals surface area contributed by atoms with Gasteiger partial charge in [-0.3, -0.25) is 14.9 Å². The predicted molar refractivity (Wildman–Crippen MR) is 79.1 cm³/mol. The molecule has 1 aromatic rings. The summed E-state index contributed by atoms with van der Waals surface area (Å²) < 4.78 is 0. The molecule has 1 amide bonds. The van der Waals surface area contributed by atoms with Crippen molar-refractivity contribution in [1.29, 1.82) is 0 Å². The number of benzene rings is 1. The molecule has 6 heteroatoms. The standard InChI is InChI=1S/C14H21N3O3/c1-4-6-11(5-2)16-12-8-7-10(14(18)15-3)9-13(12)17(19)20/h7-9,11,16H,4-6H2,1-3H3,(H,15,18). The first-order chi connectivity index (χ1) is 9.53. The highest BCUT2D eigenvalue weighted by atomic mass is 16.6. The zero-order valence-electron chi connectivity index (χ0n) is 12.1. The minimum atomic E-state index is -0.465. The lowest BCUT2D eigenvalue weighted by Crippen LogP contribution is -2.20. The molecule has 1 aromatic carbocycles. The molecule has 20 heavy (non-hydrogen) atoms. The lowest BCUT2D eigenvalue weighted by atomic mass is 10.1. The first-order valence-electron chi connectivity index (χ1n) is 6.80. The number of rotatable bonds is 7. The van der Waals surface area contributed by atoms with E-state index in [1.165, 1.54) is 13.1 Å². The van der Waals surface area contributed by atoms with Gasteiger partial charge in [0.2, 0.25) is 0 Å². The van der Waals surface area contributed by atoms with E-state index in [0.717, 1.165) is 19.3 Å². The third kappa shape index (κ3) is 3.94. The van der Waals surface area contributed by atoms with Crippen LogP contribution in [0.3, 0.4) is 0 Å². The molecule has 1 atom stereocenters. The predicted octanol–water partition coefficient (Wildman–Crippen LogP) is 2.95. The summed E-state index contributed by atoms with van der Waals surface area (Å²) in [6, 6.07) is 4.69. The summed E-state index contributed by atoms with van der Waals surface area (Å²) in [6.45, 7) is 4.12. The van der Waals surface area contributed by atoms with Crippen molar-refractivity contribution < 1.29 is 9.72 Å². The molecule has 0 aliphatic carbocycles. The van der Waals surface area contributed by atoms with Crippen molar-refractivity contribution >= 4 is 17.3 Å². The SMILES string of the molecule is CCCC(CC)Nc1ccc(C(=O)NC)cc1[N+](=O)[O-]. The van der Waals surface area contributed by atoms with Crippen molar-refractivity contribution in [3.63, 3.8) is 0 Å². The number of amides is 1. The Kier molecular flexibility index (Phi) is 5.96. The molecule has 0 heterocycles. The van der Waals surface area contributed by atoms with Gasteiger partial charge in [-0.2, -0.15) is 0 Å². The van der Waals surface area contributed by atoms with Crippen LogP contribution in [0.2, 0.25) is 0 Å². The van der Waals surface area contributed by atoms with Crippen molar-refractivity contribution in [2.45, 2.75) is 39.2 Å². The second-order valence-electron chi connectivity index (χ2n) is 4.61. The summed E-state index contributed by atoms with van der Waals surface area (Å²) in [6.07, 6.45) is 2.85. The number of hydrogen-bond acceptors (Lipinski definition) is 4. The Hall–Kier alpha value is -2.11. The van der Waals surface area contributed by atoms with E-state index in [4.69, 9.17) is 0 Å². The topological polar surface area (TPSA) is 84.3 Å². The molecule has 0 bridgehead atoms. The van der Waals surface area contributed by atoms with E-state index in [0.29, 0.717) is 5.69 Å². The molecule has 0 radical (unpaired) electrons. The Labute approximate surface area is 118 Å².